The molecular weight excluding hydrogens is 460 g/mol. The summed E-state index contributed by atoms with van der Waals surface area (Å²) in [7, 11) is 1.43. The number of carbonyl (C=O) groups excluding carboxylic acids is 3. The van der Waals surface area contributed by atoms with Crippen molar-refractivity contribution < 1.29 is 29.0 Å². The zero-order chi connectivity index (χ0) is 25.4. The lowest BCUT2D eigenvalue weighted by Crippen LogP contribution is -2.54. The van der Waals surface area contributed by atoms with Crippen LogP contribution in [0, 0.1) is 11.8 Å². The number of benzene rings is 3. The van der Waals surface area contributed by atoms with Gasteiger partial charge in [0.2, 0.25) is 11.8 Å². The minimum atomic E-state index is -1.60. The fourth-order valence-electron chi connectivity index (χ4n) is 5.43. The van der Waals surface area contributed by atoms with Gasteiger partial charge in [0, 0.05) is 6.04 Å². The monoisotopic (exact) mass is 486 g/mol. The third-order valence-corrected chi connectivity index (χ3v) is 6.96. The van der Waals surface area contributed by atoms with E-state index in [1.165, 1.54) is 13.2 Å². The quantitative estimate of drug-likeness (QED) is 0.407. The fourth-order valence-corrected chi connectivity index (χ4v) is 5.43. The number of hydrogen-bond donors (Lipinski definition) is 2. The van der Waals surface area contributed by atoms with Gasteiger partial charge < -0.3 is 14.6 Å². The molecule has 0 bridgehead atoms. The van der Waals surface area contributed by atoms with E-state index in [1.807, 2.05) is 6.07 Å². The van der Waals surface area contributed by atoms with Crippen molar-refractivity contribution in [3.8, 4) is 11.5 Å². The Morgan fingerprint density at radius 1 is 1.00 bits per heavy atom. The summed E-state index contributed by atoms with van der Waals surface area (Å²) in [4.78, 5) is 42.9. The molecule has 0 aromatic heterocycles. The Morgan fingerprint density at radius 3 is 2.31 bits per heavy atom. The van der Waals surface area contributed by atoms with Crippen molar-refractivity contribution in [1.82, 2.24) is 5.32 Å². The SMILES string of the molecule is CCOC(=O)C1(c2ccccc2)NC(c2ccc(O)c(OC)c2)C2C(=O)N(c3ccccc3)C(=O)C21. The van der Waals surface area contributed by atoms with Crippen LogP contribution in [-0.4, -0.2) is 36.6 Å². The minimum absolute atomic E-state index is 0.0600. The number of imide groups is 1. The van der Waals surface area contributed by atoms with Crippen LogP contribution in [0.1, 0.15) is 24.1 Å². The minimum Gasteiger partial charge on any atom is -0.504 e. The largest absolute Gasteiger partial charge is 0.504 e. The van der Waals surface area contributed by atoms with Gasteiger partial charge in [-0.1, -0.05) is 54.6 Å². The van der Waals surface area contributed by atoms with Crippen molar-refractivity contribution in [1.29, 1.82) is 0 Å². The molecule has 2 heterocycles. The second-order valence-corrected chi connectivity index (χ2v) is 8.80. The van der Waals surface area contributed by atoms with Crippen LogP contribution >= 0.6 is 0 Å². The number of amides is 2. The number of aromatic hydroxyl groups is 1. The summed E-state index contributed by atoms with van der Waals surface area (Å²) in [6.07, 6.45) is 0. The lowest BCUT2D eigenvalue weighted by atomic mass is 9.75. The standard InChI is InChI=1S/C28H26N2O6/c1-3-36-27(34)28(18-10-6-4-7-11-18)23-22(24(29-28)17-14-15-20(31)21(16-17)35-2)25(32)30(26(23)33)19-12-8-5-9-13-19/h4-16,22-24,29,31H,3H2,1-2H3. The van der Waals surface area contributed by atoms with Gasteiger partial charge in [-0.25, -0.2) is 9.69 Å². The average Bonchev–Trinajstić information content (AvgIpc) is 3.40. The molecule has 8 heteroatoms. The van der Waals surface area contributed by atoms with E-state index in [0.29, 0.717) is 16.8 Å². The molecule has 2 saturated heterocycles. The van der Waals surface area contributed by atoms with Crippen LogP contribution in [0.3, 0.4) is 0 Å². The highest BCUT2D eigenvalue weighted by Crippen LogP contribution is 2.54. The van der Waals surface area contributed by atoms with Gasteiger partial charge in [-0.15, -0.1) is 0 Å². The summed E-state index contributed by atoms with van der Waals surface area (Å²) >= 11 is 0. The smallest absolute Gasteiger partial charge is 0.331 e. The molecule has 4 atom stereocenters. The Balaban J connectivity index is 1.73. The van der Waals surface area contributed by atoms with Gasteiger partial charge >= 0.3 is 5.97 Å². The Kier molecular flexibility index (Phi) is 5.97. The van der Waals surface area contributed by atoms with Crippen LogP contribution in [0.25, 0.3) is 0 Å². The van der Waals surface area contributed by atoms with E-state index in [1.54, 1.807) is 73.7 Å². The molecule has 4 unspecified atom stereocenters. The molecule has 0 aliphatic carbocycles. The summed E-state index contributed by atoms with van der Waals surface area (Å²) in [6.45, 7) is 1.80. The topological polar surface area (TPSA) is 105 Å². The molecule has 2 aliphatic heterocycles. The summed E-state index contributed by atoms with van der Waals surface area (Å²) in [5.41, 5.74) is -0.0381. The summed E-state index contributed by atoms with van der Waals surface area (Å²) in [5.74, 6) is -3.33. The van der Waals surface area contributed by atoms with Crippen molar-refractivity contribution in [3.63, 3.8) is 0 Å². The van der Waals surface area contributed by atoms with Gasteiger partial charge in [0.1, 0.15) is 0 Å². The number of phenolic OH excluding ortho intramolecular Hbond substituents is 1. The van der Waals surface area contributed by atoms with Crippen molar-refractivity contribution in [2.75, 3.05) is 18.6 Å². The number of anilines is 1. The van der Waals surface area contributed by atoms with Gasteiger partial charge in [0.25, 0.3) is 0 Å². The van der Waals surface area contributed by atoms with Crippen molar-refractivity contribution in [3.05, 3.63) is 90.0 Å². The van der Waals surface area contributed by atoms with Crippen molar-refractivity contribution >= 4 is 23.5 Å². The van der Waals surface area contributed by atoms with Crippen LogP contribution in [0.15, 0.2) is 78.9 Å². The molecule has 2 N–H and O–H groups in total. The van der Waals surface area contributed by atoms with Crippen molar-refractivity contribution in [2.24, 2.45) is 11.8 Å². The molecule has 36 heavy (non-hydrogen) atoms. The lowest BCUT2D eigenvalue weighted by molar-refractivity contribution is -0.155. The summed E-state index contributed by atoms with van der Waals surface area (Å²) in [5, 5.41) is 13.5. The Hall–Kier alpha value is -4.17. The first-order valence-corrected chi connectivity index (χ1v) is 11.7. The Labute approximate surface area is 208 Å². The van der Waals surface area contributed by atoms with E-state index in [4.69, 9.17) is 9.47 Å². The first-order chi connectivity index (χ1) is 17.4. The summed E-state index contributed by atoms with van der Waals surface area (Å²) < 4.78 is 10.8. The average molecular weight is 487 g/mol. The van der Waals surface area contributed by atoms with Crippen LogP contribution in [0.4, 0.5) is 5.69 Å². The van der Waals surface area contributed by atoms with E-state index in [9.17, 15) is 19.5 Å². The molecule has 184 valence electrons. The first kappa shape index (κ1) is 23.6. The number of para-hydroxylation sites is 1. The number of hydrogen-bond acceptors (Lipinski definition) is 7. The summed E-state index contributed by atoms with van der Waals surface area (Å²) in [6, 6.07) is 21.6. The number of fused-ring (bicyclic) bond motifs is 1. The van der Waals surface area contributed by atoms with Crippen LogP contribution in [-0.2, 0) is 24.7 Å². The van der Waals surface area contributed by atoms with Crippen LogP contribution < -0.4 is 15.0 Å². The molecule has 3 aromatic carbocycles. The zero-order valence-corrected chi connectivity index (χ0v) is 19.9. The molecule has 3 aromatic rings. The third-order valence-electron chi connectivity index (χ3n) is 6.96. The zero-order valence-electron chi connectivity index (χ0n) is 19.9. The Bertz CT molecular complexity index is 1310. The van der Waals surface area contributed by atoms with E-state index >= 15 is 0 Å². The normalized spacial score (nSPS) is 25.1. The predicted molar refractivity (Wildman–Crippen MR) is 131 cm³/mol. The van der Waals surface area contributed by atoms with Gasteiger partial charge in [0.15, 0.2) is 17.0 Å². The molecule has 0 saturated carbocycles. The van der Waals surface area contributed by atoms with Crippen LogP contribution in [0.2, 0.25) is 0 Å². The van der Waals surface area contributed by atoms with E-state index in [-0.39, 0.29) is 18.1 Å². The highest BCUT2D eigenvalue weighted by Gasteiger charge is 2.69. The number of carbonyl (C=O) groups is 3. The molecule has 2 amide bonds. The number of ether oxygens (including phenoxy) is 2. The molecule has 2 aliphatic rings. The van der Waals surface area contributed by atoms with E-state index in [0.717, 1.165) is 4.90 Å². The molecular formula is C28H26N2O6. The number of phenols is 1. The Morgan fingerprint density at radius 2 is 1.67 bits per heavy atom. The third kappa shape index (κ3) is 3.45. The molecule has 2 fully saturated rings. The molecule has 5 rings (SSSR count). The second-order valence-electron chi connectivity index (χ2n) is 8.80. The molecule has 0 radical (unpaired) electrons. The first-order valence-electron chi connectivity index (χ1n) is 11.7. The van der Waals surface area contributed by atoms with Crippen molar-refractivity contribution in [2.45, 2.75) is 18.5 Å². The predicted octanol–water partition coefficient (Wildman–Crippen LogP) is 3.31. The molecule has 0 spiro atoms. The number of nitrogens with zero attached hydrogens (tertiary/aromatic N) is 1. The van der Waals surface area contributed by atoms with Gasteiger partial charge in [-0.05, 0) is 42.3 Å². The highest BCUT2D eigenvalue weighted by atomic mass is 16.5. The maximum atomic E-state index is 14.0. The van der Waals surface area contributed by atoms with Gasteiger partial charge in [-0.3, -0.25) is 14.9 Å². The highest BCUT2D eigenvalue weighted by molar-refractivity contribution is 6.24. The number of nitrogens with one attached hydrogen (secondary N) is 1. The fraction of sp³-hybridized carbons (Fsp3) is 0.250. The maximum Gasteiger partial charge on any atom is 0.331 e. The van der Waals surface area contributed by atoms with E-state index < -0.39 is 41.2 Å². The van der Waals surface area contributed by atoms with Gasteiger partial charge in [-0.2, -0.15) is 0 Å². The van der Waals surface area contributed by atoms with Gasteiger partial charge in [0.05, 0.1) is 31.2 Å². The number of esters is 1. The number of methoxy groups -OCH3 is 1. The maximum absolute atomic E-state index is 14.0. The second kappa shape index (κ2) is 9.13. The number of rotatable bonds is 6. The van der Waals surface area contributed by atoms with E-state index in [2.05, 4.69) is 5.32 Å². The molecule has 8 nitrogen and oxygen atoms in total. The lowest BCUT2D eigenvalue weighted by Gasteiger charge is -2.33. The van der Waals surface area contributed by atoms with Crippen LogP contribution in [0.5, 0.6) is 11.5 Å².